The molecule has 4 rings (SSSR count). The molecule has 2 fully saturated rings. The van der Waals surface area contributed by atoms with Crippen molar-refractivity contribution in [1.29, 1.82) is 0 Å². The van der Waals surface area contributed by atoms with E-state index >= 15 is 0 Å². The van der Waals surface area contributed by atoms with Gasteiger partial charge < -0.3 is 10.6 Å². The first-order chi connectivity index (χ1) is 14.0. The van der Waals surface area contributed by atoms with E-state index in [0.29, 0.717) is 30.6 Å². The molecular formula is C22H30N4O3. The number of carbonyl (C=O) groups excluding carboxylic acids is 3. The topological polar surface area (TPSA) is 95.7 Å². The third kappa shape index (κ3) is 4.07. The van der Waals surface area contributed by atoms with Gasteiger partial charge in [-0.15, -0.1) is 0 Å². The Hall–Kier alpha value is -2.25. The highest BCUT2D eigenvalue weighted by molar-refractivity contribution is 6.05. The van der Waals surface area contributed by atoms with Gasteiger partial charge in [-0.1, -0.05) is 19.1 Å². The molecule has 1 aromatic carbocycles. The Morgan fingerprint density at radius 2 is 1.90 bits per heavy atom. The monoisotopic (exact) mass is 398 g/mol. The summed E-state index contributed by atoms with van der Waals surface area (Å²) in [6.45, 7) is 4.39. The zero-order valence-electron chi connectivity index (χ0n) is 17.0. The van der Waals surface area contributed by atoms with Crippen LogP contribution in [0.25, 0.3) is 0 Å². The summed E-state index contributed by atoms with van der Waals surface area (Å²) in [6.07, 6.45) is 5.07. The molecule has 1 saturated heterocycles. The summed E-state index contributed by atoms with van der Waals surface area (Å²) in [5.74, 6) is -0.737. The summed E-state index contributed by atoms with van der Waals surface area (Å²) in [5.41, 5.74) is 8.82. The van der Waals surface area contributed by atoms with E-state index in [1.165, 1.54) is 0 Å². The van der Waals surface area contributed by atoms with Crippen LogP contribution >= 0.6 is 0 Å². The molecule has 2 heterocycles. The van der Waals surface area contributed by atoms with Crippen molar-refractivity contribution in [3.8, 4) is 0 Å². The Labute approximate surface area is 171 Å². The van der Waals surface area contributed by atoms with Crippen LogP contribution in [0.2, 0.25) is 0 Å². The first-order valence-corrected chi connectivity index (χ1v) is 10.7. The molecule has 3 aliphatic rings. The number of nitrogens with zero attached hydrogens (tertiary/aromatic N) is 2. The van der Waals surface area contributed by atoms with Gasteiger partial charge >= 0.3 is 0 Å². The smallest absolute Gasteiger partial charge is 0.255 e. The number of hydrogen-bond donors (Lipinski definition) is 2. The van der Waals surface area contributed by atoms with Gasteiger partial charge in [-0.2, -0.15) is 0 Å². The van der Waals surface area contributed by atoms with E-state index in [9.17, 15) is 14.4 Å². The Morgan fingerprint density at radius 3 is 2.59 bits per heavy atom. The van der Waals surface area contributed by atoms with Crippen molar-refractivity contribution in [3.05, 3.63) is 34.9 Å². The normalized spacial score (nSPS) is 27.3. The van der Waals surface area contributed by atoms with Gasteiger partial charge in [0.05, 0.1) is 0 Å². The second-order valence-electron chi connectivity index (χ2n) is 8.52. The summed E-state index contributed by atoms with van der Waals surface area (Å²) in [6, 6.07) is 6.41. The van der Waals surface area contributed by atoms with Crippen molar-refractivity contribution in [3.63, 3.8) is 0 Å². The molecule has 0 aromatic heterocycles. The Balaban J connectivity index is 1.46. The van der Waals surface area contributed by atoms with Gasteiger partial charge in [0.2, 0.25) is 11.8 Å². The lowest BCUT2D eigenvalue weighted by molar-refractivity contribution is -0.136. The van der Waals surface area contributed by atoms with Crippen molar-refractivity contribution in [2.24, 2.45) is 5.73 Å². The highest BCUT2D eigenvalue weighted by Crippen LogP contribution is 2.29. The van der Waals surface area contributed by atoms with Crippen molar-refractivity contribution in [1.82, 2.24) is 15.1 Å². The second-order valence-corrected chi connectivity index (χ2v) is 8.52. The molecule has 1 saturated carbocycles. The zero-order valence-corrected chi connectivity index (χ0v) is 17.0. The van der Waals surface area contributed by atoms with Crippen LogP contribution in [-0.2, 0) is 22.7 Å². The molecule has 2 aliphatic heterocycles. The Morgan fingerprint density at radius 1 is 1.14 bits per heavy atom. The summed E-state index contributed by atoms with van der Waals surface area (Å²) < 4.78 is 0. The molecule has 1 unspecified atom stereocenters. The number of nitrogens with two attached hydrogens (primary N) is 1. The van der Waals surface area contributed by atoms with E-state index in [0.717, 1.165) is 49.9 Å². The molecule has 29 heavy (non-hydrogen) atoms. The van der Waals surface area contributed by atoms with Gasteiger partial charge in [0.1, 0.15) is 6.04 Å². The molecule has 3 amide bonds. The minimum Gasteiger partial charge on any atom is -0.328 e. The Kier molecular flexibility index (Phi) is 5.69. The zero-order chi connectivity index (χ0) is 20.5. The van der Waals surface area contributed by atoms with Crippen molar-refractivity contribution < 1.29 is 14.4 Å². The van der Waals surface area contributed by atoms with Gasteiger partial charge in [-0.25, -0.2) is 0 Å². The van der Waals surface area contributed by atoms with Crippen LogP contribution in [0.15, 0.2) is 18.2 Å². The fraction of sp³-hybridized carbons (Fsp3) is 0.591. The SMILES string of the molecule is CCN(Cc1ccc2c(c1)C(=O)N(C1CCC(=O)NC1=O)C2)C1CCC(N)CC1. The van der Waals surface area contributed by atoms with Gasteiger partial charge in [-0.3, -0.25) is 24.6 Å². The average Bonchev–Trinajstić information content (AvgIpc) is 3.03. The predicted octanol–water partition coefficient (Wildman–Crippen LogP) is 1.54. The number of amides is 3. The van der Waals surface area contributed by atoms with Crippen LogP contribution in [0.1, 0.15) is 66.9 Å². The predicted molar refractivity (Wildman–Crippen MR) is 109 cm³/mol. The van der Waals surface area contributed by atoms with Crippen LogP contribution in [0.3, 0.4) is 0 Å². The largest absolute Gasteiger partial charge is 0.328 e. The molecule has 0 bridgehead atoms. The fourth-order valence-electron chi connectivity index (χ4n) is 4.90. The molecule has 3 N–H and O–H groups in total. The standard InChI is InChI=1S/C22H30N4O3/c1-2-25(17-7-5-16(23)6-8-17)12-14-3-4-15-13-26(22(29)18(15)11-14)19-9-10-20(27)24-21(19)28/h3-4,11,16-17,19H,2,5-10,12-13,23H2,1H3,(H,24,27,28). The molecule has 1 atom stereocenters. The van der Waals surface area contributed by atoms with Crippen LogP contribution in [0.4, 0.5) is 0 Å². The lowest BCUT2D eigenvalue weighted by Crippen LogP contribution is -2.52. The third-order valence-electron chi connectivity index (χ3n) is 6.64. The number of hydrogen-bond acceptors (Lipinski definition) is 5. The maximum absolute atomic E-state index is 13.0. The van der Waals surface area contributed by atoms with Crippen molar-refractivity contribution in [2.45, 2.75) is 76.7 Å². The number of nitrogens with one attached hydrogen (secondary N) is 1. The fourth-order valence-corrected chi connectivity index (χ4v) is 4.90. The van der Waals surface area contributed by atoms with Crippen LogP contribution in [0, 0.1) is 0 Å². The molecular weight excluding hydrogens is 368 g/mol. The number of rotatable bonds is 5. The van der Waals surface area contributed by atoms with E-state index < -0.39 is 6.04 Å². The number of piperidine rings is 1. The van der Waals surface area contributed by atoms with Gasteiger partial charge in [0.15, 0.2) is 0 Å². The molecule has 156 valence electrons. The molecule has 1 aliphatic carbocycles. The molecule has 7 heteroatoms. The summed E-state index contributed by atoms with van der Waals surface area (Å²) >= 11 is 0. The average molecular weight is 399 g/mol. The molecule has 1 aromatic rings. The quantitative estimate of drug-likeness (QED) is 0.734. The lowest BCUT2D eigenvalue weighted by Gasteiger charge is -2.35. The van der Waals surface area contributed by atoms with E-state index in [1.54, 1.807) is 4.90 Å². The summed E-state index contributed by atoms with van der Waals surface area (Å²) in [7, 11) is 0. The summed E-state index contributed by atoms with van der Waals surface area (Å²) in [4.78, 5) is 40.7. The first kappa shape index (κ1) is 20.0. The van der Waals surface area contributed by atoms with Crippen molar-refractivity contribution >= 4 is 17.7 Å². The van der Waals surface area contributed by atoms with Gasteiger partial charge in [0, 0.05) is 37.2 Å². The molecule has 0 spiro atoms. The van der Waals surface area contributed by atoms with E-state index in [2.05, 4.69) is 23.2 Å². The first-order valence-electron chi connectivity index (χ1n) is 10.7. The van der Waals surface area contributed by atoms with Crippen LogP contribution in [-0.4, -0.2) is 52.2 Å². The van der Waals surface area contributed by atoms with Crippen LogP contribution in [0.5, 0.6) is 0 Å². The summed E-state index contributed by atoms with van der Waals surface area (Å²) in [5, 5.41) is 2.35. The van der Waals surface area contributed by atoms with Crippen LogP contribution < -0.4 is 11.1 Å². The van der Waals surface area contributed by atoms with E-state index in [-0.39, 0.29) is 24.1 Å². The highest BCUT2D eigenvalue weighted by atomic mass is 16.2. The maximum atomic E-state index is 13.0. The number of imide groups is 1. The second kappa shape index (κ2) is 8.24. The van der Waals surface area contributed by atoms with Crippen molar-refractivity contribution in [2.75, 3.05) is 6.54 Å². The van der Waals surface area contributed by atoms with Gasteiger partial charge in [-0.05, 0) is 55.8 Å². The van der Waals surface area contributed by atoms with E-state index in [1.807, 2.05) is 12.1 Å². The number of carbonyl (C=O) groups is 3. The molecule has 0 radical (unpaired) electrons. The lowest BCUT2D eigenvalue weighted by atomic mass is 9.90. The minimum absolute atomic E-state index is 0.108. The highest BCUT2D eigenvalue weighted by Gasteiger charge is 2.39. The maximum Gasteiger partial charge on any atom is 0.255 e. The van der Waals surface area contributed by atoms with E-state index in [4.69, 9.17) is 5.73 Å². The van der Waals surface area contributed by atoms with Gasteiger partial charge in [0.25, 0.3) is 5.91 Å². The minimum atomic E-state index is -0.561. The number of fused-ring (bicyclic) bond motifs is 1. The number of benzene rings is 1. The Bertz CT molecular complexity index is 816. The molecule has 7 nitrogen and oxygen atoms in total. The third-order valence-corrected chi connectivity index (χ3v) is 6.64.